The second-order valence-electron chi connectivity index (χ2n) is 15.7. The molecule has 0 N–H and O–H groups in total. The van der Waals surface area contributed by atoms with E-state index in [-0.39, 0.29) is 0 Å². The molecule has 10 aromatic rings. The van der Waals surface area contributed by atoms with Gasteiger partial charge in [-0.15, -0.1) is 0 Å². The maximum atomic E-state index is 6.54. The van der Waals surface area contributed by atoms with Gasteiger partial charge in [-0.1, -0.05) is 153 Å². The van der Waals surface area contributed by atoms with Crippen LogP contribution in [0.1, 0.15) is 0 Å². The third-order valence-electron chi connectivity index (χ3n) is 12.0. The van der Waals surface area contributed by atoms with Crippen LogP contribution in [0.2, 0.25) is 13.1 Å². The van der Waals surface area contributed by atoms with Crippen molar-refractivity contribution < 1.29 is 4.42 Å². The highest BCUT2D eigenvalue weighted by Crippen LogP contribution is 2.45. The van der Waals surface area contributed by atoms with E-state index in [1.807, 2.05) is 12.1 Å². The largest absolute Gasteiger partial charge is 0.454 e. The molecule has 4 heteroatoms. The smallest absolute Gasteiger partial charge is 0.159 e. The molecule has 0 saturated carbocycles. The fourth-order valence-corrected chi connectivity index (χ4v) is 12.4. The zero-order valence-corrected chi connectivity index (χ0v) is 33.4. The Hall–Kier alpha value is -7.14. The van der Waals surface area contributed by atoms with Gasteiger partial charge in [0.05, 0.1) is 11.4 Å². The number of rotatable bonds is 7. The van der Waals surface area contributed by atoms with E-state index in [0.717, 1.165) is 50.4 Å². The molecule has 58 heavy (non-hydrogen) atoms. The molecule has 0 aliphatic carbocycles. The summed E-state index contributed by atoms with van der Waals surface area (Å²) >= 11 is 0. The molecule has 1 aromatic heterocycles. The fraction of sp³-hybridized carbons (Fsp3) is 0.0370. The predicted octanol–water partition coefficient (Wildman–Crippen LogP) is 14.1. The molecule has 0 atom stereocenters. The van der Waals surface area contributed by atoms with Crippen LogP contribution in [0.5, 0.6) is 0 Å². The Morgan fingerprint density at radius 3 is 1.60 bits per heavy atom. The number of hydrogen-bond donors (Lipinski definition) is 0. The van der Waals surface area contributed by atoms with E-state index in [1.165, 1.54) is 49.1 Å². The summed E-state index contributed by atoms with van der Waals surface area (Å²) in [5.74, 6) is 0. The lowest BCUT2D eigenvalue weighted by atomic mass is 9.94. The molecule has 2 heterocycles. The van der Waals surface area contributed by atoms with E-state index in [0.29, 0.717) is 0 Å². The van der Waals surface area contributed by atoms with Crippen LogP contribution in [0.3, 0.4) is 0 Å². The van der Waals surface area contributed by atoms with Crippen molar-refractivity contribution in [2.24, 2.45) is 0 Å². The summed E-state index contributed by atoms with van der Waals surface area (Å²) in [7, 11) is -2.14. The van der Waals surface area contributed by atoms with Crippen molar-refractivity contribution >= 4 is 85.3 Å². The normalized spacial score (nSPS) is 12.8. The number of fused-ring (bicyclic) bond motifs is 5. The molecule has 0 radical (unpaired) electrons. The average Bonchev–Trinajstić information content (AvgIpc) is 3.67. The molecule has 3 nitrogen and oxygen atoms in total. The van der Waals surface area contributed by atoms with E-state index >= 15 is 0 Å². The molecular weight excluding hydrogens is 721 g/mol. The molecule has 9 aromatic carbocycles. The first-order valence-corrected chi connectivity index (χ1v) is 23.0. The molecule has 1 aliphatic heterocycles. The summed E-state index contributed by atoms with van der Waals surface area (Å²) in [6.07, 6.45) is 0. The van der Waals surface area contributed by atoms with Gasteiger partial charge in [0, 0.05) is 38.9 Å². The summed E-state index contributed by atoms with van der Waals surface area (Å²) in [6, 6.07) is 74.6. The summed E-state index contributed by atoms with van der Waals surface area (Å²) in [5, 5.41) is 7.88. The molecule has 276 valence electrons. The second-order valence-corrected chi connectivity index (χ2v) is 20.0. The number of anilines is 6. The van der Waals surface area contributed by atoms with Crippen molar-refractivity contribution in [3.63, 3.8) is 0 Å². The molecule has 0 unspecified atom stereocenters. The topological polar surface area (TPSA) is 19.6 Å². The summed E-state index contributed by atoms with van der Waals surface area (Å²) < 4.78 is 6.54. The average molecular weight is 761 g/mol. The van der Waals surface area contributed by atoms with E-state index < -0.39 is 8.07 Å². The van der Waals surface area contributed by atoms with E-state index in [2.05, 4.69) is 217 Å². The van der Waals surface area contributed by atoms with Gasteiger partial charge >= 0.3 is 0 Å². The SMILES string of the molecule is C[Si]1(C)c2cc(-c3ccc(N(c4ccccc4)c4cccc5c4oc4ccccc45)cc3)ccc2-c2ccc(N(c3ccccc3)c3ccccc3)c3cccc1c23. The van der Waals surface area contributed by atoms with E-state index in [4.69, 9.17) is 4.42 Å². The van der Waals surface area contributed by atoms with Crippen LogP contribution in [-0.4, -0.2) is 8.07 Å². The Kier molecular flexibility index (Phi) is 7.95. The predicted molar refractivity (Wildman–Crippen MR) is 248 cm³/mol. The highest BCUT2D eigenvalue weighted by molar-refractivity contribution is 7.03. The van der Waals surface area contributed by atoms with Crippen LogP contribution in [0.25, 0.3) is 55.0 Å². The Balaban J connectivity index is 1.00. The molecular formula is C54H40N2OSi. The molecule has 0 amide bonds. The summed E-state index contributed by atoms with van der Waals surface area (Å²) in [5.41, 5.74) is 13.6. The molecule has 0 fully saturated rings. The molecule has 1 aliphatic rings. The lowest BCUT2D eigenvalue weighted by Gasteiger charge is -2.35. The maximum absolute atomic E-state index is 6.54. The third-order valence-corrected chi connectivity index (χ3v) is 15.6. The van der Waals surface area contributed by atoms with Gasteiger partial charge in [0.1, 0.15) is 13.7 Å². The Labute approximate surface area is 339 Å². The Morgan fingerprint density at radius 2 is 0.914 bits per heavy atom. The minimum Gasteiger partial charge on any atom is -0.454 e. The van der Waals surface area contributed by atoms with Crippen molar-refractivity contribution in [3.8, 4) is 22.3 Å². The van der Waals surface area contributed by atoms with Crippen LogP contribution >= 0.6 is 0 Å². The molecule has 0 saturated heterocycles. The van der Waals surface area contributed by atoms with Gasteiger partial charge in [-0.2, -0.15) is 0 Å². The Bertz CT molecular complexity index is 3100. The number of furan rings is 1. The summed E-state index contributed by atoms with van der Waals surface area (Å²) in [4.78, 5) is 4.70. The zero-order valence-electron chi connectivity index (χ0n) is 32.4. The molecule has 11 rings (SSSR count). The van der Waals surface area contributed by atoms with Gasteiger partial charge in [0.25, 0.3) is 0 Å². The minimum absolute atomic E-state index is 0.883. The second kappa shape index (κ2) is 13.5. The lowest BCUT2D eigenvalue weighted by molar-refractivity contribution is 0.669. The number of para-hydroxylation sites is 5. The molecule has 0 spiro atoms. The first-order chi connectivity index (χ1) is 28.5. The monoisotopic (exact) mass is 760 g/mol. The van der Waals surface area contributed by atoms with Gasteiger partial charge in [-0.25, -0.2) is 0 Å². The van der Waals surface area contributed by atoms with Gasteiger partial charge < -0.3 is 14.2 Å². The van der Waals surface area contributed by atoms with Crippen LogP contribution in [0.4, 0.5) is 34.1 Å². The van der Waals surface area contributed by atoms with Crippen molar-refractivity contribution in [1.82, 2.24) is 0 Å². The van der Waals surface area contributed by atoms with Crippen molar-refractivity contribution in [1.29, 1.82) is 0 Å². The highest BCUT2D eigenvalue weighted by atomic mass is 28.3. The highest BCUT2D eigenvalue weighted by Gasteiger charge is 2.36. The maximum Gasteiger partial charge on any atom is 0.159 e. The van der Waals surface area contributed by atoms with Crippen LogP contribution in [0, 0.1) is 0 Å². The van der Waals surface area contributed by atoms with E-state index in [9.17, 15) is 0 Å². The van der Waals surface area contributed by atoms with Crippen molar-refractivity contribution in [2.45, 2.75) is 13.1 Å². The quantitative estimate of drug-likeness (QED) is 0.151. The third kappa shape index (κ3) is 5.41. The van der Waals surface area contributed by atoms with Gasteiger partial charge in [-0.3, -0.25) is 0 Å². The zero-order chi connectivity index (χ0) is 38.8. The van der Waals surface area contributed by atoms with E-state index in [1.54, 1.807) is 0 Å². The number of hydrogen-bond acceptors (Lipinski definition) is 3. The summed E-state index contributed by atoms with van der Waals surface area (Å²) in [6.45, 7) is 5.04. The van der Waals surface area contributed by atoms with Gasteiger partial charge in [0.2, 0.25) is 0 Å². The van der Waals surface area contributed by atoms with Crippen LogP contribution in [0.15, 0.2) is 211 Å². The standard InChI is InChI=1S/C54H40N2OSi/c1-58(2)51-27-15-24-47-48(55(39-16-6-3-7-17-39)40-18-8-4-9-19-40)35-34-45(53(47)51)44-33-30-38(36-52(44)58)37-28-31-42(32-29-37)56(41-20-10-5-11-21-41)49-25-14-23-46-43-22-12-13-26-50(43)57-54(46)49/h3-36H,1-2H3. The number of benzene rings is 9. The Morgan fingerprint density at radius 1 is 0.379 bits per heavy atom. The van der Waals surface area contributed by atoms with Crippen molar-refractivity contribution in [3.05, 3.63) is 206 Å². The number of nitrogens with zero attached hydrogens (tertiary/aromatic N) is 2. The first kappa shape index (κ1) is 34.1. The molecule has 0 bridgehead atoms. The first-order valence-electron chi connectivity index (χ1n) is 20.0. The van der Waals surface area contributed by atoms with Crippen LogP contribution < -0.4 is 20.2 Å². The minimum atomic E-state index is -2.14. The van der Waals surface area contributed by atoms with Crippen molar-refractivity contribution in [2.75, 3.05) is 9.80 Å². The lowest BCUT2D eigenvalue weighted by Crippen LogP contribution is -2.55. The van der Waals surface area contributed by atoms with Gasteiger partial charge in [0.15, 0.2) is 5.58 Å². The van der Waals surface area contributed by atoms with Crippen LogP contribution in [-0.2, 0) is 0 Å². The van der Waals surface area contributed by atoms with Gasteiger partial charge in [-0.05, 0) is 105 Å². The fourth-order valence-electron chi connectivity index (χ4n) is 9.25.